The molecule has 0 bridgehead atoms. The molecule has 0 amide bonds. The van der Waals surface area contributed by atoms with Crippen LogP contribution in [0.1, 0.15) is 26.7 Å². The number of nitrogens with one attached hydrogen (secondary N) is 1. The van der Waals surface area contributed by atoms with Crippen molar-refractivity contribution in [1.82, 2.24) is 4.98 Å². The van der Waals surface area contributed by atoms with Crippen LogP contribution in [0.5, 0.6) is 0 Å². The minimum atomic E-state index is 0.287. The number of halogens is 2. The highest BCUT2D eigenvalue weighted by Gasteiger charge is 2.24. The lowest BCUT2D eigenvalue weighted by Crippen LogP contribution is -2.37. The van der Waals surface area contributed by atoms with Crippen molar-refractivity contribution in [2.24, 2.45) is 0 Å². The van der Waals surface area contributed by atoms with E-state index < -0.39 is 0 Å². The Labute approximate surface area is 115 Å². The van der Waals surface area contributed by atoms with Gasteiger partial charge in [-0.25, -0.2) is 4.98 Å². The van der Waals surface area contributed by atoms with Crippen LogP contribution >= 0.6 is 27.5 Å². The quantitative estimate of drug-likeness (QED) is 0.840. The molecule has 94 valence electrons. The summed E-state index contributed by atoms with van der Waals surface area (Å²) < 4.78 is 6.64. The highest BCUT2D eigenvalue weighted by atomic mass is 79.9. The predicted octanol–water partition coefficient (Wildman–Crippen LogP) is 3.87. The number of ether oxygens (including phenoxy) is 1. The molecular weight excluding hydrogens is 304 g/mol. The SMILES string of the molecule is CC1CC(Nc2cc(Br)cnc2Cl)CC(C)O1. The van der Waals surface area contributed by atoms with Gasteiger partial charge in [0.1, 0.15) is 0 Å². The van der Waals surface area contributed by atoms with Gasteiger partial charge in [0.15, 0.2) is 5.15 Å². The third kappa shape index (κ3) is 3.57. The maximum atomic E-state index is 6.06. The molecule has 1 aliphatic rings. The largest absolute Gasteiger partial charge is 0.380 e. The van der Waals surface area contributed by atoms with Crippen molar-refractivity contribution in [3.63, 3.8) is 0 Å². The van der Waals surface area contributed by atoms with E-state index in [-0.39, 0.29) is 12.2 Å². The van der Waals surface area contributed by atoms with Gasteiger partial charge in [0.05, 0.1) is 17.9 Å². The molecule has 2 rings (SSSR count). The van der Waals surface area contributed by atoms with E-state index in [9.17, 15) is 0 Å². The van der Waals surface area contributed by atoms with Gasteiger partial charge in [-0.15, -0.1) is 0 Å². The Bertz CT molecular complexity index is 392. The van der Waals surface area contributed by atoms with Crippen molar-refractivity contribution in [3.8, 4) is 0 Å². The van der Waals surface area contributed by atoms with Crippen molar-refractivity contribution in [1.29, 1.82) is 0 Å². The Hall–Kier alpha value is -0.320. The van der Waals surface area contributed by atoms with Gasteiger partial charge >= 0.3 is 0 Å². The lowest BCUT2D eigenvalue weighted by Gasteiger charge is -2.33. The maximum absolute atomic E-state index is 6.06. The van der Waals surface area contributed by atoms with E-state index in [1.165, 1.54) is 0 Å². The summed E-state index contributed by atoms with van der Waals surface area (Å²) >= 11 is 9.46. The summed E-state index contributed by atoms with van der Waals surface area (Å²) in [6, 6.07) is 2.35. The van der Waals surface area contributed by atoms with Gasteiger partial charge in [0, 0.05) is 16.7 Å². The molecule has 3 nitrogen and oxygen atoms in total. The fraction of sp³-hybridized carbons (Fsp3) is 0.583. The Kier molecular flexibility index (Phi) is 4.28. The van der Waals surface area contributed by atoms with Crippen molar-refractivity contribution in [3.05, 3.63) is 21.9 Å². The summed E-state index contributed by atoms with van der Waals surface area (Å²) in [6.07, 6.45) is 4.26. The first-order valence-corrected chi connectivity index (χ1v) is 6.94. The molecule has 1 saturated heterocycles. The van der Waals surface area contributed by atoms with Crippen LogP contribution in [0, 0.1) is 0 Å². The monoisotopic (exact) mass is 318 g/mol. The van der Waals surface area contributed by atoms with Crippen LogP contribution in [0.4, 0.5) is 5.69 Å². The number of anilines is 1. The number of hydrogen-bond acceptors (Lipinski definition) is 3. The van der Waals surface area contributed by atoms with Crippen molar-refractivity contribution in [2.45, 2.75) is 44.9 Å². The Balaban J connectivity index is 2.07. The van der Waals surface area contributed by atoms with Gasteiger partial charge in [0.2, 0.25) is 0 Å². The summed E-state index contributed by atoms with van der Waals surface area (Å²) in [5.74, 6) is 0. The first-order chi connectivity index (χ1) is 8.04. The lowest BCUT2D eigenvalue weighted by molar-refractivity contribution is -0.0337. The predicted molar refractivity (Wildman–Crippen MR) is 73.6 cm³/mol. The minimum Gasteiger partial charge on any atom is -0.380 e. The first-order valence-electron chi connectivity index (χ1n) is 5.77. The molecule has 0 aliphatic carbocycles. The molecule has 2 heterocycles. The van der Waals surface area contributed by atoms with Crippen LogP contribution in [0.25, 0.3) is 0 Å². The average Bonchev–Trinajstić information content (AvgIpc) is 2.22. The topological polar surface area (TPSA) is 34.2 Å². The molecule has 2 unspecified atom stereocenters. The third-order valence-corrected chi connectivity index (χ3v) is 3.60. The molecule has 5 heteroatoms. The van der Waals surface area contributed by atoms with E-state index in [0.29, 0.717) is 11.2 Å². The van der Waals surface area contributed by atoms with Gasteiger partial charge in [0.25, 0.3) is 0 Å². The zero-order valence-electron chi connectivity index (χ0n) is 9.91. The van der Waals surface area contributed by atoms with E-state index in [2.05, 4.69) is 40.1 Å². The van der Waals surface area contributed by atoms with Crippen molar-refractivity contribution in [2.75, 3.05) is 5.32 Å². The fourth-order valence-corrected chi connectivity index (χ4v) is 2.76. The van der Waals surface area contributed by atoms with Crippen molar-refractivity contribution < 1.29 is 4.74 Å². The summed E-state index contributed by atoms with van der Waals surface area (Å²) in [5, 5.41) is 3.96. The van der Waals surface area contributed by atoms with Gasteiger partial charge < -0.3 is 10.1 Å². The highest BCUT2D eigenvalue weighted by molar-refractivity contribution is 9.10. The van der Waals surface area contributed by atoms with Crippen molar-refractivity contribution >= 4 is 33.2 Å². The molecule has 1 aromatic rings. The Morgan fingerprint density at radius 1 is 1.41 bits per heavy atom. The maximum Gasteiger partial charge on any atom is 0.152 e. The molecule has 2 atom stereocenters. The molecule has 1 aromatic heterocycles. The molecular formula is C12H16BrClN2O. The Morgan fingerprint density at radius 3 is 2.71 bits per heavy atom. The molecule has 0 spiro atoms. The van der Waals surface area contributed by atoms with Gasteiger partial charge in [-0.05, 0) is 48.7 Å². The average molecular weight is 320 g/mol. The summed E-state index contributed by atoms with van der Waals surface area (Å²) in [4.78, 5) is 4.11. The number of nitrogens with zero attached hydrogens (tertiary/aromatic N) is 1. The second-order valence-electron chi connectivity index (χ2n) is 4.56. The van der Waals surface area contributed by atoms with E-state index in [0.717, 1.165) is 23.0 Å². The Morgan fingerprint density at radius 2 is 2.06 bits per heavy atom. The normalized spacial score (nSPS) is 29.1. The molecule has 1 N–H and O–H groups in total. The number of hydrogen-bond donors (Lipinski definition) is 1. The molecule has 0 saturated carbocycles. The van der Waals surface area contributed by atoms with E-state index in [1.807, 2.05) is 6.07 Å². The molecule has 17 heavy (non-hydrogen) atoms. The molecule has 1 aliphatic heterocycles. The lowest BCUT2D eigenvalue weighted by atomic mass is 10.00. The molecule has 0 aromatic carbocycles. The van der Waals surface area contributed by atoms with Crippen LogP contribution in [0.2, 0.25) is 5.15 Å². The van der Waals surface area contributed by atoms with Gasteiger partial charge in [-0.3, -0.25) is 0 Å². The van der Waals surface area contributed by atoms with E-state index in [4.69, 9.17) is 16.3 Å². The van der Waals surface area contributed by atoms with E-state index >= 15 is 0 Å². The second-order valence-corrected chi connectivity index (χ2v) is 5.84. The second kappa shape index (κ2) is 5.55. The number of pyridine rings is 1. The number of aromatic nitrogens is 1. The smallest absolute Gasteiger partial charge is 0.152 e. The summed E-state index contributed by atoms with van der Waals surface area (Å²) in [5.41, 5.74) is 0.882. The van der Waals surface area contributed by atoms with Crippen LogP contribution < -0.4 is 5.32 Å². The molecule has 0 radical (unpaired) electrons. The molecule has 1 fully saturated rings. The van der Waals surface area contributed by atoms with Gasteiger partial charge in [-0.2, -0.15) is 0 Å². The highest BCUT2D eigenvalue weighted by Crippen LogP contribution is 2.27. The van der Waals surface area contributed by atoms with Gasteiger partial charge in [-0.1, -0.05) is 11.6 Å². The van der Waals surface area contributed by atoms with Crippen LogP contribution in [-0.4, -0.2) is 23.2 Å². The zero-order chi connectivity index (χ0) is 12.4. The van der Waals surface area contributed by atoms with Crippen LogP contribution in [-0.2, 0) is 4.74 Å². The fourth-order valence-electron chi connectivity index (χ4n) is 2.27. The minimum absolute atomic E-state index is 0.287. The van der Waals surface area contributed by atoms with Crippen LogP contribution in [0.3, 0.4) is 0 Å². The third-order valence-electron chi connectivity index (χ3n) is 2.86. The van der Waals surface area contributed by atoms with E-state index in [1.54, 1.807) is 6.20 Å². The number of rotatable bonds is 2. The van der Waals surface area contributed by atoms with Crippen LogP contribution in [0.15, 0.2) is 16.7 Å². The zero-order valence-corrected chi connectivity index (χ0v) is 12.3. The summed E-state index contributed by atoms with van der Waals surface area (Å²) in [6.45, 7) is 4.20. The summed E-state index contributed by atoms with van der Waals surface area (Å²) in [7, 11) is 0. The standard InChI is InChI=1S/C12H16BrClN2O/c1-7-3-10(4-8(2)17-7)16-11-5-9(13)6-15-12(11)14/h5-8,10,16H,3-4H2,1-2H3. The first kappa shape index (κ1) is 13.1.